The fraction of sp³-hybridized carbons (Fsp3) is 0.154. The molecule has 1 unspecified atom stereocenters. The maximum Gasteiger partial charge on any atom is 0.118 e. The highest BCUT2D eigenvalue weighted by Crippen LogP contribution is 2.35. The molecule has 0 aliphatic carbocycles. The minimum Gasteiger partial charge on any atom is -0.497 e. The third kappa shape index (κ3) is 3.59. The molecule has 140 valence electrons. The van der Waals surface area contributed by atoms with Gasteiger partial charge in [0.15, 0.2) is 0 Å². The lowest BCUT2D eigenvalue weighted by atomic mass is 9.89. The Morgan fingerprint density at radius 1 is 0.750 bits per heavy atom. The van der Waals surface area contributed by atoms with Gasteiger partial charge in [0.2, 0.25) is 0 Å². The molecule has 4 rings (SSSR count). The number of methoxy groups -OCH3 is 1. The molecule has 0 aliphatic heterocycles. The number of aryl methyl sites for hydroxylation is 1. The third-order valence-corrected chi connectivity index (χ3v) is 5.37. The van der Waals surface area contributed by atoms with E-state index in [-0.39, 0.29) is 0 Å². The van der Waals surface area contributed by atoms with Gasteiger partial charge in [0.25, 0.3) is 0 Å². The molecular weight excluding hydrogens is 342 g/mol. The van der Waals surface area contributed by atoms with Crippen molar-refractivity contribution in [3.05, 3.63) is 102 Å². The summed E-state index contributed by atoms with van der Waals surface area (Å²) in [5.41, 5.74) is 6.11. The first-order valence-corrected chi connectivity index (χ1v) is 9.65. The van der Waals surface area contributed by atoms with E-state index in [1.807, 2.05) is 12.1 Å². The maximum absolute atomic E-state index is 5.30. The van der Waals surface area contributed by atoms with Crippen molar-refractivity contribution in [1.82, 2.24) is 0 Å². The quantitative estimate of drug-likeness (QED) is 0.408. The molecule has 1 atom stereocenters. The van der Waals surface area contributed by atoms with Gasteiger partial charge in [0.1, 0.15) is 5.75 Å². The zero-order chi connectivity index (χ0) is 19.5. The van der Waals surface area contributed by atoms with Crippen LogP contribution in [0.1, 0.15) is 29.5 Å². The van der Waals surface area contributed by atoms with Crippen LogP contribution in [0, 0.1) is 6.92 Å². The zero-order valence-corrected chi connectivity index (χ0v) is 16.6. The van der Waals surface area contributed by atoms with E-state index < -0.39 is 0 Å². The minimum atomic E-state index is 0.296. The summed E-state index contributed by atoms with van der Waals surface area (Å²) in [5, 5.41) is 6.10. The zero-order valence-electron chi connectivity index (χ0n) is 16.6. The van der Waals surface area contributed by atoms with Crippen LogP contribution in [0.4, 0.5) is 11.4 Å². The van der Waals surface area contributed by atoms with E-state index in [1.54, 1.807) is 7.11 Å². The van der Waals surface area contributed by atoms with Crippen LogP contribution < -0.4 is 10.1 Å². The van der Waals surface area contributed by atoms with E-state index in [9.17, 15) is 0 Å². The lowest BCUT2D eigenvalue weighted by molar-refractivity contribution is 0.414. The van der Waals surface area contributed by atoms with Gasteiger partial charge in [-0.3, -0.25) is 0 Å². The predicted molar refractivity (Wildman–Crippen MR) is 119 cm³/mol. The summed E-state index contributed by atoms with van der Waals surface area (Å²) in [6, 6.07) is 29.9. The van der Waals surface area contributed by atoms with Gasteiger partial charge in [-0.15, -0.1) is 0 Å². The molecule has 2 nitrogen and oxygen atoms in total. The highest BCUT2D eigenvalue weighted by atomic mass is 16.5. The largest absolute Gasteiger partial charge is 0.497 e. The number of benzene rings is 4. The van der Waals surface area contributed by atoms with Crippen LogP contribution in [0.3, 0.4) is 0 Å². The lowest BCUT2D eigenvalue weighted by Crippen LogP contribution is -1.99. The van der Waals surface area contributed by atoms with E-state index in [0.717, 1.165) is 17.1 Å². The topological polar surface area (TPSA) is 21.3 Å². The number of nitrogens with one attached hydrogen (secondary N) is 1. The van der Waals surface area contributed by atoms with E-state index in [4.69, 9.17) is 4.74 Å². The Balaban J connectivity index is 1.73. The van der Waals surface area contributed by atoms with Crippen molar-refractivity contribution in [2.75, 3.05) is 12.4 Å². The van der Waals surface area contributed by atoms with Gasteiger partial charge in [-0.2, -0.15) is 0 Å². The summed E-state index contributed by atoms with van der Waals surface area (Å²) in [6.07, 6.45) is 0. The van der Waals surface area contributed by atoms with E-state index >= 15 is 0 Å². The standard InChI is InChI=1S/C26H25NO/c1-18-8-12-21(13-9-18)27-26-17-16-23(24-6-4-5-7-25(24)26)19(2)20-10-14-22(28-3)15-11-20/h4-17,19,27H,1-3H3. The number of fused-ring (bicyclic) bond motifs is 1. The van der Waals surface area contributed by atoms with Crippen LogP contribution in [0.5, 0.6) is 5.75 Å². The Labute approximate surface area is 166 Å². The monoisotopic (exact) mass is 367 g/mol. The predicted octanol–water partition coefficient (Wildman–Crippen LogP) is 7.05. The number of rotatable bonds is 5. The molecule has 0 aliphatic rings. The van der Waals surface area contributed by atoms with Gasteiger partial charge < -0.3 is 10.1 Å². The van der Waals surface area contributed by atoms with Gasteiger partial charge in [-0.1, -0.05) is 67.1 Å². The van der Waals surface area contributed by atoms with Crippen molar-refractivity contribution in [2.45, 2.75) is 19.8 Å². The Kier molecular flexibility index (Phi) is 5.03. The summed E-state index contributed by atoms with van der Waals surface area (Å²) < 4.78 is 5.30. The molecule has 0 spiro atoms. The van der Waals surface area contributed by atoms with Gasteiger partial charge >= 0.3 is 0 Å². The van der Waals surface area contributed by atoms with Gasteiger partial charge in [-0.05, 0) is 53.8 Å². The van der Waals surface area contributed by atoms with Crippen LogP contribution in [-0.4, -0.2) is 7.11 Å². The van der Waals surface area contributed by atoms with Crippen molar-refractivity contribution in [1.29, 1.82) is 0 Å². The Morgan fingerprint density at radius 2 is 1.43 bits per heavy atom. The molecule has 28 heavy (non-hydrogen) atoms. The highest BCUT2D eigenvalue weighted by molar-refractivity contribution is 5.98. The highest BCUT2D eigenvalue weighted by Gasteiger charge is 2.14. The SMILES string of the molecule is COc1ccc(C(C)c2ccc(Nc3ccc(C)cc3)c3ccccc23)cc1. The molecular formula is C26H25NO. The summed E-state index contributed by atoms with van der Waals surface area (Å²) in [5.74, 6) is 1.18. The fourth-order valence-corrected chi connectivity index (χ4v) is 3.67. The number of hydrogen-bond acceptors (Lipinski definition) is 2. The smallest absolute Gasteiger partial charge is 0.118 e. The second-order valence-corrected chi connectivity index (χ2v) is 7.23. The molecule has 0 amide bonds. The minimum absolute atomic E-state index is 0.296. The van der Waals surface area contributed by atoms with Crippen LogP contribution >= 0.6 is 0 Å². The molecule has 0 fully saturated rings. The van der Waals surface area contributed by atoms with Crippen LogP contribution in [0.15, 0.2) is 84.9 Å². The first-order chi connectivity index (χ1) is 13.7. The van der Waals surface area contributed by atoms with Gasteiger partial charge in [-0.25, -0.2) is 0 Å². The third-order valence-electron chi connectivity index (χ3n) is 5.37. The van der Waals surface area contributed by atoms with Crippen molar-refractivity contribution in [2.24, 2.45) is 0 Å². The number of ether oxygens (including phenoxy) is 1. The van der Waals surface area contributed by atoms with Crippen molar-refractivity contribution >= 4 is 22.1 Å². The maximum atomic E-state index is 5.30. The van der Waals surface area contributed by atoms with Gasteiger partial charge in [0.05, 0.1) is 7.11 Å². The molecule has 2 heteroatoms. The number of anilines is 2. The summed E-state index contributed by atoms with van der Waals surface area (Å²) in [4.78, 5) is 0. The normalized spacial score (nSPS) is 12.0. The molecule has 0 saturated carbocycles. The molecule has 0 heterocycles. The number of hydrogen-bond donors (Lipinski definition) is 1. The Bertz CT molecular complexity index is 1080. The van der Waals surface area contributed by atoms with E-state index in [2.05, 4.69) is 92.0 Å². The fourth-order valence-electron chi connectivity index (χ4n) is 3.67. The Hall–Kier alpha value is -3.26. The first-order valence-electron chi connectivity index (χ1n) is 9.65. The molecule has 4 aromatic carbocycles. The van der Waals surface area contributed by atoms with Crippen LogP contribution in [0.25, 0.3) is 10.8 Å². The van der Waals surface area contributed by atoms with E-state index in [0.29, 0.717) is 5.92 Å². The summed E-state index contributed by atoms with van der Waals surface area (Å²) in [6.45, 7) is 4.37. The average molecular weight is 367 g/mol. The molecule has 4 aromatic rings. The molecule has 0 radical (unpaired) electrons. The second kappa shape index (κ2) is 7.77. The molecule has 0 bridgehead atoms. The average Bonchev–Trinajstić information content (AvgIpc) is 2.75. The first kappa shape index (κ1) is 18.1. The van der Waals surface area contributed by atoms with Crippen LogP contribution in [0.2, 0.25) is 0 Å². The molecule has 0 saturated heterocycles. The molecule has 1 N–H and O–H groups in total. The second-order valence-electron chi connectivity index (χ2n) is 7.23. The van der Waals surface area contributed by atoms with Crippen molar-refractivity contribution < 1.29 is 4.74 Å². The molecule has 0 aromatic heterocycles. The van der Waals surface area contributed by atoms with Crippen molar-refractivity contribution in [3.63, 3.8) is 0 Å². The van der Waals surface area contributed by atoms with Gasteiger partial charge in [0, 0.05) is 22.7 Å². The lowest BCUT2D eigenvalue weighted by Gasteiger charge is -2.18. The van der Waals surface area contributed by atoms with Crippen LogP contribution in [-0.2, 0) is 0 Å². The summed E-state index contributed by atoms with van der Waals surface area (Å²) >= 11 is 0. The summed E-state index contributed by atoms with van der Waals surface area (Å²) in [7, 11) is 1.70. The Morgan fingerprint density at radius 3 is 2.11 bits per heavy atom. The van der Waals surface area contributed by atoms with Crippen molar-refractivity contribution in [3.8, 4) is 5.75 Å². The van der Waals surface area contributed by atoms with E-state index in [1.165, 1.54) is 27.5 Å².